The molecule has 0 saturated carbocycles. The van der Waals surface area contributed by atoms with Crippen molar-refractivity contribution in [2.45, 2.75) is 66.3 Å². The summed E-state index contributed by atoms with van der Waals surface area (Å²) >= 11 is 0. The Morgan fingerprint density at radius 2 is 1.88 bits per heavy atom. The van der Waals surface area contributed by atoms with Gasteiger partial charge in [-0.1, -0.05) is 41.0 Å². The van der Waals surface area contributed by atoms with Crippen LogP contribution < -0.4 is 5.56 Å². The zero-order valence-corrected chi connectivity index (χ0v) is 11.8. The normalized spacial score (nSPS) is 11.7. The molecule has 0 aliphatic rings. The van der Waals surface area contributed by atoms with Gasteiger partial charge in [0.15, 0.2) is 0 Å². The summed E-state index contributed by atoms with van der Waals surface area (Å²) in [5, 5.41) is 3.30. The highest BCUT2D eigenvalue weighted by Crippen LogP contribution is 2.17. The van der Waals surface area contributed by atoms with E-state index in [2.05, 4.69) is 39.7 Å². The molecule has 0 fully saturated rings. The second kappa shape index (κ2) is 6.08. The van der Waals surface area contributed by atoms with Crippen LogP contribution in [0.25, 0.3) is 0 Å². The minimum absolute atomic E-state index is 0.184. The van der Waals surface area contributed by atoms with Gasteiger partial charge in [0, 0.05) is 17.8 Å². The Morgan fingerprint density at radius 1 is 1.24 bits per heavy atom. The summed E-state index contributed by atoms with van der Waals surface area (Å²) in [6, 6.07) is 0. The molecule has 98 valence electrons. The van der Waals surface area contributed by atoms with E-state index in [1.54, 1.807) is 4.68 Å². The lowest BCUT2D eigenvalue weighted by Crippen LogP contribution is -2.19. The standard InChI is InChI=1S/C14H26N2O/c1-6-7-8-16-14(17)13(11(4)5)12(15-16)9-10(2)3/h10-11,15H,6-9H2,1-5H3. The molecular weight excluding hydrogens is 212 g/mol. The largest absolute Gasteiger partial charge is 0.299 e. The van der Waals surface area contributed by atoms with Gasteiger partial charge in [-0.15, -0.1) is 0 Å². The van der Waals surface area contributed by atoms with Gasteiger partial charge in [-0.2, -0.15) is 0 Å². The number of nitrogens with one attached hydrogen (secondary N) is 1. The first-order chi connectivity index (χ1) is 7.97. The van der Waals surface area contributed by atoms with E-state index in [4.69, 9.17) is 0 Å². The molecule has 0 unspecified atom stereocenters. The van der Waals surface area contributed by atoms with Crippen LogP contribution in [0.3, 0.4) is 0 Å². The van der Waals surface area contributed by atoms with Crippen LogP contribution in [0.2, 0.25) is 0 Å². The van der Waals surface area contributed by atoms with Crippen LogP contribution in [0.4, 0.5) is 0 Å². The summed E-state index contributed by atoms with van der Waals surface area (Å²) in [5.74, 6) is 0.876. The van der Waals surface area contributed by atoms with Crippen LogP contribution in [0.15, 0.2) is 4.79 Å². The molecule has 0 saturated heterocycles. The molecule has 17 heavy (non-hydrogen) atoms. The molecule has 0 radical (unpaired) electrons. The van der Waals surface area contributed by atoms with E-state index in [1.807, 2.05) is 0 Å². The highest BCUT2D eigenvalue weighted by molar-refractivity contribution is 5.21. The number of rotatable bonds is 6. The number of hydrogen-bond acceptors (Lipinski definition) is 1. The Labute approximate surface area is 104 Å². The summed E-state index contributed by atoms with van der Waals surface area (Å²) in [6.07, 6.45) is 3.13. The third-order valence-electron chi connectivity index (χ3n) is 3.00. The maximum absolute atomic E-state index is 12.3. The van der Waals surface area contributed by atoms with Gasteiger partial charge in [0.05, 0.1) is 0 Å². The molecule has 3 heteroatoms. The lowest BCUT2D eigenvalue weighted by atomic mass is 9.98. The van der Waals surface area contributed by atoms with Gasteiger partial charge in [-0.3, -0.25) is 14.6 Å². The third-order valence-corrected chi connectivity index (χ3v) is 3.00. The molecule has 0 atom stereocenters. The number of nitrogens with zero attached hydrogens (tertiary/aromatic N) is 1. The molecule has 3 nitrogen and oxygen atoms in total. The van der Waals surface area contributed by atoms with Crippen LogP contribution in [0.1, 0.15) is 64.6 Å². The number of aromatic nitrogens is 2. The average Bonchev–Trinajstić information content (AvgIpc) is 2.51. The summed E-state index contributed by atoms with van der Waals surface area (Å²) in [5.41, 5.74) is 2.30. The van der Waals surface area contributed by atoms with E-state index in [0.717, 1.165) is 37.1 Å². The second-order valence-corrected chi connectivity index (χ2v) is 5.57. The lowest BCUT2D eigenvalue weighted by molar-refractivity contribution is 0.542. The Kier molecular flexibility index (Phi) is 5.03. The zero-order valence-electron chi connectivity index (χ0n) is 11.8. The van der Waals surface area contributed by atoms with Crippen molar-refractivity contribution in [3.8, 4) is 0 Å². The summed E-state index contributed by atoms with van der Waals surface area (Å²) < 4.78 is 1.79. The molecule has 0 amide bonds. The molecule has 0 bridgehead atoms. The molecular formula is C14H26N2O. The van der Waals surface area contributed by atoms with E-state index in [1.165, 1.54) is 0 Å². The van der Waals surface area contributed by atoms with Crippen LogP contribution in [-0.4, -0.2) is 9.78 Å². The Hall–Kier alpha value is -0.990. The fraction of sp³-hybridized carbons (Fsp3) is 0.786. The van der Waals surface area contributed by atoms with Crippen molar-refractivity contribution in [2.75, 3.05) is 0 Å². The fourth-order valence-corrected chi connectivity index (χ4v) is 2.18. The van der Waals surface area contributed by atoms with E-state index in [0.29, 0.717) is 11.8 Å². The van der Waals surface area contributed by atoms with Gasteiger partial charge < -0.3 is 0 Å². The maximum Gasteiger partial charge on any atom is 0.270 e. The highest BCUT2D eigenvalue weighted by atomic mass is 16.1. The van der Waals surface area contributed by atoms with E-state index in [-0.39, 0.29) is 5.56 Å². The van der Waals surface area contributed by atoms with Crippen LogP contribution in [-0.2, 0) is 13.0 Å². The first kappa shape index (κ1) is 14.1. The molecule has 1 aromatic rings. The molecule has 0 aliphatic carbocycles. The van der Waals surface area contributed by atoms with Gasteiger partial charge in [0.25, 0.3) is 5.56 Å². The van der Waals surface area contributed by atoms with Crippen LogP contribution >= 0.6 is 0 Å². The predicted octanol–water partition coefficient (Wildman–Crippen LogP) is 3.30. The number of H-pyrrole nitrogens is 1. The van der Waals surface area contributed by atoms with Gasteiger partial charge in [-0.25, -0.2) is 0 Å². The zero-order chi connectivity index (χ0) is 13.0. The molecule has 1 rings (SSSR count). The molecule has 0 spiro atoms. The Morgan fingerprint density at radius 3 is 2.35 bits per heavy atom. The first-order valence-corrected chi connectivity index (χ1v) is 6.78. The van der Waals surface area contributed by atoms with Crippen LogP contribution in [0, 0.1) is 5.92 Å². The maximum atomic E-state index is 12.3. The minimum atomic E-state index is 0.184. The Balaban J connectivity index is 3.06. The second-order valence-electron chi connectivity index (χ2n) is 5.57. The topological polar surface area (TPSA) is 37.8 Å². The van der Waals surface area contributed by atoms with Gasteiger partial charge in [0.1, 0.15) is 0 Å². The number of unbranched alkanes of at least 4 members (excludes halogenated alkanes) is 1. The van der Waals surface area contributed by atoms with Crippen LogP contribution in [0.5, 0.6) is 0 Å². The van der Waals surface area contributed by atoms with Crippen molar-refractivity contribution in [2.24, 2.45) is 5.92 Å². The third kappa shape index (κ3) is 3.48. The van der Waals surface area contributed by atoms with Crippen molar-refractivity contribution in [3.05, 3.63) is 21.6 Å². The summed E-state index contributed by atoms with van der Waals surface area (Å²) in [6.45, 7) is 11.5. The van der Waals surface area contributed by atoms with E-state index < -0.39 is 0 Å². The van der Waals surface area contributed by atoms with E-state index >= 15 is 0 Å². The molecule has 0 aromatic carbocycles. The van der Waals surface area contributed by atoms with Crippen molar-refractivity contribution in [1.82, 2.24) is 9.78 Å². The summed E-state index contributed by atoms with van der Waals surface area (Å²) in [7, 11) is 0. The lowest BCUT2D eigenvalue weighted by Gasteiger charge is -2.07. The van der Waals surface area contributed by atoms with Gasteiger partial charge in [-0.05, 0) is 24.7 Å². The quantitative estimate of drug-likeness (QED) is 0.811. The van der Waals surface area contributed by atoms with E-state index in [9.17, 15) is 4.79 Å². The number of aryl methyl sites for hydroxylation is 1. The number of hydrogen-bond donors (Lipinski definition) is 1. The monoisotopic (exact) mass is 238 g/mol. The minimum Gasteiger partial charge on any atom is -0.299 e. The molecule has 1 heterocycles. The van der Waals surface area contributed by atoms with Gasteiger partial charge >= 0.3 is 0 Å². The smallest absolute Gasteiger partial charge is 0.270 e. The molecule has 1 N–H and O–H groups in total. The van der Waals surface area contributed by atoms with Crippen molar-refractivity contribution in [1.29, 1.82) is 0 Å². The first-order valence-electron chi connectivity index (χ1n) is 6.78. The molecule has 1 aromatic heterocycles. The SMILES string of the molecule is CCCCn1[nH]c(CC(C)C)c(C(C)C)c1=O. The Bertz CT molecular complexity index is 399. The molecule has 0 aliphatic heterocycles. The van der Waals surface area contributed by atoms with Crippen molar-refractivity contribution >= 4 is 0 Å². The highest BCUT2D eigenvalue weighted by Gasteiger charge is 2.17. The van der Waals surface area contributed by atoms with Crippen molar-refractivity contribution in [3.63, 3.8) is 0 Å². The summed E-state index contributed by atoms with van der Waals surface area (Å²) in [4.78, 5) is 12.3. The average molecular weight is 238 g/mol. The predicted molar refractivity (Wildman–Crippen MR) is 72.6 cm³/mol. The number of aromatic amines is 1. The van der Waals surface area contributed by atoms with Crippen molar-refractivity contribution < 1.29 is 0 Å². The van der Waals surface area contributed by atoms with Gasteiger partial charge in [0.2, 0.25) is 0 Å². The fourth-order valence-electron chi connectivity index (χ4n) is 2.18.